The van der Waals surface area contributed by atoms with Crippen molar-refractivity contribution in [1.29, 1.82) is 0 Å². The summed E-state index contributed by atoms with van der Waals surface area (Å²) >= 11 is 1.49. The smallest absolute Gasteiger partial charge is 0.225 e. The molecule has 6 nitrogen and oxygen atoms in total. The van der Waals surface area contributed by atoms with E-state index in [9.17, 15) is 9.18 Å². The molecule has 2 aliphatic rings. The highest BCUT2D eigenvalue weighted by Gasteiger charge is 2.36. The van der Waals surface area contributed by atoms with E-state index in [0.29, 0.717) is 39.1 Å². The van der Waals surface area contributed by atoms with E-state index >= 15 is 0 Å². The molecule has 3 heterocycles. The van der Waals surface area contributed by atoms with Crippen LogP contribution in [0.1, 0.15) is 19.3 Å². The molecule has 3 rings (SSSR count). The first-order valence-corrected chi connectivity index (χ1v) is 9.48. The van der Waals surface area contributed by atoms with Gasteiger partial charge < -0.3 is 15.0 Å². The van der Waals surface area contributed by atoms with E-state index in [0.717, 1.165) is 17.4 Å². The van der Waals surface area contributed by atoms with E-state index in [1.165, 1.54) is 11.8 Å². The average molecular weight is 354 g/mol. The van der Waals surface area contributed by atoms with Gasteiger partial charge in [-0.05, 0) is 18.7 Å². The zero-order valence-corrected chi connectivity index (χ0v) is 14.6. The minimum atomic E-state index is -1.35. The van der Waals surface area contributed by atoms with Crippen molar-refractivity contribution in [3.05, 3.63) is 12.3 Å². The van der Waals surface area contributed by atoms with Crippen LogP contribution in [-0.4, -0.2) is 60.6 Å². The Morgan fingerprint density at radius 1 is 1.54 bits per heavy atom. The summed E-state index contributed by atoms with van der Waals surface area (Å²) in [4.78, 5) is 22.7. The van der Waals surface area contributed by atoms with Crippen LogP contribution in [0.3, 0.4) is 0 Å². The Hall–Kier alpha value is -1.41. The van der Waals surface area contributed by atoms with Gasteiger partial charge in [0.1, 0.15) is 11.5 Å². The Morgan fingerprint density at radius 3 is 3.00 bits per heavy atom. The number of nitrogens with zero attached hydrogens (tertiary/aromatic N) is 3. The maximum atomic E-state index is 14.9. The molecule has 8 heteroatoms. The lowest BCUT2D eigenvalue weighted by Crippen LogP contribution is -2.49. The number of alkyl halides is 1. The van der Waals surface area contributed by atoms with E-state index in [1.807, 2.05) is 12.3 Å². The van der Waals surface area contributed by atoms with Gasteiger partial charge in [-0.1, -0.05) is 11.8 Å². The molecular formula is C16H23FN4O2S. The third-order valence-corrected chi connectivity index (χ3v) is 5.23. The Balaban J connectivity index is 1.50. The van der Waals surface area contributed by atoms with Crippen molar-refractivity contribution in [3.8, 4) is 0 Å². The summed E-state index contributed by atoms with van der Waals surface area (Å²) in [6.07, 6.45) is 5.15. The number of nitrogens with one attached hydrogen (secondary N) is 1. The van der Waals surface area contributed by atoms with Crippen LogP contribution in [0.25, 0.3) is 0 Å². The Morgan fingerprint density at radius 2 is 2.33 bits per heavy atom. The number of ether oxygens (including phenoxy) is 1. The quantitative estimate of drug-likeness (QED) is 0.641. The van der Waals surface area contributed by atoms with Crippen molar-refractivity contribution in [3.63, 3.8) is 0 Å². The second kappa shape index (κ2) is 7.65. The predicted octanol–water partition coefficient (Wildman–Crippen LogP) is 1.66. The SMILES string of the molecule is CSc1nccc(N2CCC(F)(CNC(=O)C3CCOC3)CC2)n1. The van der Waals surface area contributed by atoms with Gasteiger partial charge in [-0.15, -0.1) is 0 Å². The van der Waals surface area contributed by atoms with Crippen LogP contribution in [0.15, 0.2) is 17.4 Å². The van der Waals surface area contributed by atoms with Gasteiger partial charge in [0.2, 0.25) is 5.91 Å². The van der Waals surface area contributed by atoms with E-state index in [1.54, 1.807) is 6.20 Å². The summed E-state index contributed by atoms with van der Waals surface area (Å²) in [6.45, 7) is 2.32. The third-order valence-electron chi connectivity index (χ3n) is 4.66. The highest BCUT2D eigenvalue weighted by Crippen LogP contribution is 2.29. The number of rotatable bonds is 5. The first kappa shape index (κ1) is 17.4. The number of hydrogen-bond acceptors (Lipinski definition) is 6. The number of amides is 1. The minimum absolute atomic E-state index is 0.0794. The van der Waals surface area contributed by atoms with Crippen molar-refractivity contribution < 1.29 is 13.9 Å². The summed E-state index contributed by atoms with van der Waals surface area (Å²) in [6, 6.07) is 1.85. The van der Waals surface area contributed by atoms with Crippen molar-refractivity contribution in [2.24, 2.45) is 5.92 Å². The Bertz CT molecular complexity index is 575. The van der Waals surface area contributed by atoms with Crippen LogP contribution in [0.4, 0.5) is 10.2 Å². The topological polar surface area (TPSA) is 67.4 Å². The first-order chi connectivity index (χ1) is 11.6. The van der Waals surface area contributed by atoms with Crippen LogP contribution < -0.4 is 10.2 Å². The lowest BCUT2D eigenvalue weighted by Gasteiger charge is -2.37. The summed E-state index contributed by atoms with van der Waals surface area (Å²) in [5.74, 6) is 0.621. The second-order valence-corrected chi connectivity index (χ2v) is 7.09. The van der Waals surface area contributed by atoms with Crippen LogP contribution in [0, 0.1) is 5.92 Å². The number of halogens is 1. The average Bonchev–Trinajstić information content (AvgIpc) is 3.15. The molecule has 132 valence electrons. The summed E-state index contributed by atoms with van der Waals surface area (Å²) in [7, 11) is 0. The lowest BCUT2D eigenvalue weighted by molar-refractivity contribution is -0.125. The molecule has 1 amide bonds. The van der Waals surface area contributed by atoms with Crippen molar-refractivity contribution in [2.75, 3.05) is 44.0 Å². The second-order valence-electron chi connectivity index (χ2n) is 6.32. The number of aromatic nitrogens is 2. The molecule has 1 aromatic heterocycles. The molecule has 0 aliphatic carbocycles. The maximum absolute atomic E-state index is 14.9. The van der Waals surface area contributed by atoms with Crippen LogP contribution in [0.5, 0.6) is 0 Å². The first-order valence-electron chi connectivity index (χ1n) is 8.26. The number of hydrogen-bond donors (Lipinski definition) is 1. The highest BCUT2D eigenvalue weighted by atomic mass is 32.2. The molecule has 2 saturated heterocycles. The Labute approximate surface area is 145 Å². The van der Waals surface area contributed by atoms with Crippen molar-refractivity contribution >= 4 is 23.5 Å². The molecule has 2 fully saturated rings. The standard InChI is InChI=1S/C16H23FN4O2S/c1-24-15-18-6-2-13(20-15)21-7-4-16(17,5-8-21)11-19-14(22)12-3-9-23-10-12/h2,6,12H,3-5,7-11H2,1H3,(H,19,22). The van der Waals surface area contributed by atoms with Gasteiger partial charge >= 0.3 is 0 Å². The molecular weight excluding hydrogens is 331 g/mol. The number of carbonyl (C=O) groups is 1. The highest BCUT2D eigenvalue weighted by molar-refractivity contribution is 7.98. The predicted molar refractivity (Wildman–Crippen MR) is 91.0 cm³/mol. The van der Waals surface area contributed by atoms with Crippen LogP contribution >= 0.6 is 11.8 Å². The molecule has 0 bridgehead atoms. The molecule has 0 radical (unpaired) electrons. The molecule has 0 spiro atoms. The van der Waals surface area contributed by atoms with E-state index in [2.05, 4.69) is 20.2 Å². The fourth-order valence-corrected chi connectivity index (χ4v) is 3.40. The van der Waals surface area contributed by atoms with Gasteiger partial charge in [-0.2, -0.15) is 0 Å². The maximum Gasteiger partial charge on any atom is 0.225 e. The summed E-state index contributed by atoms with van der Waals surface area (Å²) in [5, 5.41) is 3.48. The van der Waals surface area contributed by atoms with Gasteiger partial charge in [-0.3, -0.25) is 4.79 Å². The molecule has 1 N–H and O–H groups in total. The van der Waals surface area contributed by atoms with Gasteiger partial charge in [0.25, 0.3) is 0 Å². The van der Waals surface area contributed by atoms with Crippen molar-refractivity contribution in [1.82, 2.24) is 15.3 Å². The van der Waals surface area contributed by atoms with Crippen LogP contribution in [-0.2, 0) is 9.53 Å². The molecule has 1 atom stereocenters. The molecule has 1 unspecified atom stereocenters. The zero-order valence-electron chi connectivity index (χ0n) is 13.8. The van der Waals surface area contributed by atoms with Gasteiger partial charge in [0, 0.05) is 38.7 Å². The fourth-order valence-electron chi connectivity index (χ4n) is 3.05. The molecule has 0 aromatic carbocycles. The largest absolute Gasteiger partial charge is 0.381 e. The minimum Gasteiger partial charge on any atom is -0.381 e. The number of carbonyl (C=O) groups excluding carboxylic acids is 1. The van der Waals surface area contributed by atoms with Crippen molar-refractivity contribution in [2.45, 2.75) is 30.1 Å². The van der Waals surface area contributed by atoms with Crippen LogP contribution in [0.2, 0.25) is 0 Å². The summed E-state index contributed by atoms with van der Waals surface area (Å²) in [5.41, 5.74) is -1.35. The number of anilines is 1. The van der Waals surface area contributed by atoms with Gasteiger partial charge in [-0.25, -0.2) is 14.4 Å². The summed E-state index contributed by atoms with van der Waals surface area (Å²) < 4.78 is 20.1. The third kappa shape index (κ3) is 4.16. The fraction of sp³-hybridized carbons (Fsp3) is 0.688. The molecule has 24 heavy (non-hydrogen) atoms. The van der Waals surface area contributed by atoms with E-state index < -0.39 is 5.67 Å². The van der Waals surface area contributed by atoms with E-state index in [4.69, 9.17) is 4.74 Å². The molecule has 1 aromatic rings. The lowest BCUT2D eigenvalue weighted by atomic mass is 9.93. The number of thioether (sulfide) groups is 1. The normalized spacial score (nSPS) is 23.2. The van der Waals surface area contributed by atoms with Gasteiger partial charge in [0.05, 0.1) is 19.1 Å². The van der Waals surface area contributed by atoms with E-state index in [-0.39, 0.29) is 18.4 Å². The number of piperidine rings is 1. The molecule has 2 aliphatic heterocycles. The molecule has 0 saturated carbocycles. The monoisotopic (exact) mass is 354 g/mol. The Kier molecular flexibility index (Phi) is 5.55. The van der Waals surface area contributed by atoms with Gasteiger partial charge in [0.15, 0.2) is 5.16 Å². The zero-order chi connectivity index (χ0) is 17.0.